The van der Waals surface area contributed by atoms with Crippen molar-refractivity contribution in [3.05, 3.63) is 47.3 Å². The smallest absolute Gasteiger partial charge is 0.336 e. The molecular weight excluding hydrogens is 338 g/mol. The van der Waals surface area contributed by atoms with E-state index in [0.717, 1.165) is 0 Å². The molecule has 3 rings (SSSR count). The van der Waals surface area contributed by atoms with E-state index in [2.05, 4.69) is 0 Å². The van der Waals surface area contributed by atoms with Gasteiger partial charge in [0.15, 0.2) is 11.5 Å². The Morgan fingerprint density at radius 2 is 1.62 bits per heavy atom. The van der Waals surface area contributed by atoms with Crippen molar-refractivity contribution in [1.82, 2.24) is 4.90 Å². The van der Waals surface area contributed by atoms with Crippen molar-refractivity contribution < 1.29 is 28.5 Å². The summed E-state index contributed by atoms with van der Waals surface area (Å²) >= 11 is 0. The fraction of sp³-hybridized carbons (Fsp3) is 0.368. The first-order valence-electron chi connectivity index (χ1n) is 8.23. The number of rotatable bonds is 4. The Bertz CT molecular complexity index is 761. The number of hydrogen-bond donors (Lipinski definition) is 0. The van der Waals surface area contributed by atoms with E-state index < -0.39 is 17.9 Å². The van der Waals surface area contributed by atoms with E-state index in [-0.39, 0.29) is 12.8 Å². The number of benzene rings is 1. The van der Waals surface area contributed by atoms with Crippen molar-refractivity contribution in [1.29, 1.82) is 0 Å². The van der Waals surface area contributed by atoms with Gasteiger partial charge in [-0.1, -0.05) is 6.07 Å². The Kier molecular flexibility index (Phi) is 4.88. The van der Waals surface area contributed by atoms with Crippen molar-refractivity contribution in [2.45, 2.75) is 25.8 Å². The first kappa shape index (κ1) is 17.8. The van der Waals surface area contributed by atoms with Crippen LogP contribution in [0.1, 0.15) is 25.3 Å². The second kappa shape index (κ2) is 7.11. The fourth-order valence-corrected chi connectivity index (χ4v) is 3.00. The van der Waals surface area contributed by atoms with Crippen LogP contribution in [0.3, 0.4) is 0 Å². The standard InChI is InChI=1S/C19H21NO6/c1-11(2)20-8-13(18(21)23-3)17(14(9-20)19(22)24-4)12-5-6-15-16(7-12)26-10-25-15/h5-9,11,17H,10H2,1-4H3. The second-order valence-electron chi connectivity index (χ2n) is 6.24. The summed E-state index contributed by atoms with van der Waals surface area (Å²) in [6, 6.07) is 5.38. The van der Waals surface area contributed by atoms with Crippen LogP contribution in [-0.4, -0.2) is 43.9 Å². The first-order valence-corrected chi connectivity index (χ1v) is 8.23. The molecule has 2 aliphatic heterocycles. The monoisotopic (exact) mass is 359 g/mol. The van der Waals surface area contributed by atoms with Crippen LogP contribution in [0.15, 0.2) is 41.7 Å². The molecule has 7 nitrogen and oxygen atoms in total. The highest BCUT2D eigenvalue weighted by molar-refractivity contribution is 5.98. The van der Waals surface area contributed by atoms with Gasteiger partial charge in [-0.25, -0.2) is 9.59 Å². The average Bonchev–Trinajstić information content (AvgIpc) is 3.13. The molecule has 138 valence electrons. The summed E-state index contributed by atoms with van der Waals surface area (Å²) in [5.41, 5.74) is 1.41. The third-order valence-corrected chi connectivity index (χ3v) is 4.37. The average molecular weight is 359 g/mol. The molecule has 0 spiro atoms. The van der Waals surface area contributed by atoms with Crippen molar-refractivity contribution in [2.24, 2.45) is 0 Å². The molecule has 7 heteroatoms. The molecule has 1 aromatic rings. The number of fused-ring (bicyclic) bond motifs is 1. The lowest BCUT2D eigenvalue weighted by Crippen LogP contribution is -2.31. The molecule has 0 aromatic heterocycles. The Balaban J connectivity index is 2.13. The predicted octanol–water partition coefficient (Wildman–Crippen LogP) is 2.34. The van der Waals surface area contributed by atoms with Gasteiger partial charge in [-0.05, 0) is 31.5 Å². The van der Waals surface area contributed by atoms with Crippen LogP contribution < -0.4 is 9.47 Å². The van der Waals surface area contributed by atoms with Gasteiger partial charge in [0.05, 0.1) is 31.3 Å². The number of hydrogen-bond acceptors (Lipinski definition) is 7. The zero-order valence-electron chi connectivity index (χ0n) is 15.1. The summed E-state index contributed by atoms with van der Waals surface area (Å²) < 4.78 is 20.7. The van der Waals surface area contributed by atoms with E-state index in [4.69, 9.17) is 18.9 Å². The van der Waals surface area contributed by atoms with E-state index in [1.165, 1.54) is 14.2 Å². The molecule has 0 bridgehead atoms. The van der Waals surface area contributed by atoms with Crippen LogP contribution in [0.5, 0.6) is 11.5 Å². The highest BCUT2D eigenvalue weighted by atomic mass is 16.7. The normalized spacial score (nSPS) is 16.3. The minimum Gasteiger partial charge on any atom is -0.466 e. The van der Waals surface area contributed by atoms with Gasteiger partial charge in [0.2, 0.25) is 6.79 Å². The molecule has 0 aliphatic carbocycles. The second-order valence-corrected chi connectivity index (χ2v) is 6.24. The molecule has 0 radical (unpaired) electrons. The fourth-order valence-electron chi connectivity index (χ4n) is 3.00. The van der Waals surface area contributed by atoms with Crippen LogP contribution in [0, 0.1) is 0 Å². The van der Waals surface area contributed by atoms with E-state index in [1.807, 2.05) is 13.8 Å². The number of carbonyl (C=O) groups is 2. The highest BCUT2D eigenvalue weighted by Gasteiger charge is 2.36. The maximum atomic E-state index is 12.5. The number of esters is 2. The van der Waals surface area contributed by atoms with Gasteiger partial charge in [0.25, 0.3) is 0 Å². The molecule has 2 aliphatic rings. The number of carbonyl (C=O) groups excluding carboxylic acids is 2. The van der Waals surface area contributed by atoms with Gasteiger partial charge in [0, 0.05) is 18.4 Å². The van der Waals surface area contributed by atoms with Gasteiger partial charge in [-0.2, -0.15) is 0 Å². The zero-order valence-corrected chi connectivity index (χ0v) is 15.1. The van der Waals surface area contributed by atoms with Crippen LogP contribution in [-0.2, 0) is 19.1 Å². The Hall–Kier alpha value is -2.96. The van der Waals surface area contributed by atoms with Crippen molar-refractivity contribution in [3.63, 3.8) is 0 Å². The molecule has 26 heavy (non-hydrogen) atoms. The Labute approximate surface area is 151 Å². The van der Waals surface area contributed by atoms with Crippen LogP contribution in [0.25, 0.3) is 0 Å². The van der Waals surface area contributed by atoms with Crippen LogP contribution >= 0.6 is 0 Å². The lowest BCUT2D eigenvalue weighted by atomic mass is 9.83. The molecule has 0 amide bonds. The van der Waals surface area contributed by atoms with E-state index in [0.29, 0.717) is 28.2 Å². The summed E-state index contributed by atoms with van der Waals surface area (Å²) in [6.45, 7) is 4.05. The third kappa shape index (κ3) is 3.12. The van der Waals surface area contributed by atoms with Gasteiger partial charge >= 0.3 is 11.9 Å². The highest BCUT2D eigenvalue weighted by Crippen LogP contribution is 2.41. The van der Waals surface area contributed by atoms with Crippen LogP contribution in [0.2, 0.25) is 0 Å². The number of nitrogens with zero attached hydrogens (tertiary/aromatic N) is 1. The molecule has 2 heterocycles. The van der Waals surface area contributed by atoms with Crippen molar-refractivity contribution in [2.75, 3.05) is 21.0 Å². The maximum Gasteiger partial charge on any atom is 0.336 e. The summed E-state index contributed by atoms with van der Waals surface area (Å²) in [5, 5.41) is 0. The maximum absolute atomic E-state index is 12.5. The number of methoxy groups -OCH3 is 2. The van der Waals surface area contributed by atoms with E-state index in [1.54, 1.807) is 35.5 Å². The van der Waals surface area contributed by atoms with Gasteiger partial charge in [0.1, 0.15) is 0 Å². The lowest BCUT2D eigenvalue weighted by molar-refractivity contribution is -0.137. The predicted molar refractivity (Wildman–Crippen MR) is 92.5 cm³/mol. The molecular formula is C19H21NO6. The summed E-state index contributed by atoms with van der Waals surface area (Å²) in [5.74, 6) is -0.442. The van der Waals surface area contributed by atoms with Crippen LogP contribution in [0.4, 0.5) is 0 Å². The molecule has 1 aromatic carbocycles. The van der Waals surface area contributed by atoms with Crippen molar-refractivity contribution in [3.8, 4) is 11.5 Å². The third-order valence-electron chi connectivity index (χ3n) is 4.37. The summed E-state index contributed by atoms with van der Waals surface area (Å²) in [7, 11) is 2.63. The minimum absolute atomic E-state index is 0.0482. The van der Waals surface area contributed by atoms with Gasteiger partial charge in [-0.15, -0.1) is 0 Å². The topological polar surface area (TPSA) is 74.3 Å². The molecule has 0 unspecified atom stereocenters. The van der Waals surface area contributed by atoms with Gasteiger partial charge in [-0.3, -0.25) is 0 Å². The van der Waals surface area contributed by atoms with E-state index >= 15 is 0 Å². The zero-order chi connectivity index (χ0) is 18.8. The lowest BCUT2D eigenvalue weighted by Gasteiger charge is -2.32. The largest absolute Gasteiger partial charge is 0.466 e. The summed E-state index contributed by atoms with van der Waals surface area (Å²) in [4.78, 5) is 26.7. The first-order chi connectivity index (χ1) is 12.5. The molecule has 0 atom stereocenters. The summed E-state index contributed by atoms with van der Waals surface area (Å²) in [6.07, 6.45) is 3.41. The quantitative estimate of drug-likeness (QED) is 0.764. The van der Waals surface area contributed by atoms with E-state index in [9.17, 15) is 9.59 Å². The number of ether oxygens (including phenoxy) is 4. The molecule has 0 saturated heterocycles. The SMILES string of the molecule is COC(=O)C1=CN(C(C)C)C=C(C(=O)OC)C1c1ccc2c(c1)OCO2. The Morgan fingerprint density at radius 1 is 1.04 bits per heavy atom. The molecule has 0 saturated carbocycles. The molecule has 0 N–H and O–H groups in total. The molecule has 0 fully saturated rings. The van der Waals surface area contributed by atoms with Crippen molar-refractivity contribution >= 4 is 11.9 Å². The minimum atomic E-state index is -0.626. The Morgan fingerprint density at radius 3 is 2.15 bits per heavy atom. The van der Waals surface area contributed by atoms with Gasteiger partial charge < -0.3 is 23.8 Å².